The molecule has 0 amide bonds. The smallest absolute Gasteiger partial charge is 0.204 e. The van der Waals surface area contributed by atoms with E-state index in [0.717, 1.165) is 37.2 Å². The molecule has 0 unspecified atom stereocenters. The molecule has 4 heteroatoms. The average Bonchev–Trinajstić information content (AvgIpc) is 2.25. The molecule has 1 aromatic rings. The van der Waals surface area contributed by atoms with Crippen molar-refractivity contribution in [1.29, 1.82) is 0 Å². The zero-order valence-corrected chi connectivity index (χ0v) is 11.0. The minimum Gasteiger partial charge on any atom is -0.383 e. The Hall–Kier alpha value is -0.740. The van der Waals surface area contributed by atoms with Gasteiger partial charge in [0, 0.05) is 12.1 Å². The Morgan fingerprint density at radius 1 is 1.25 bits per heavy atom. The van der Waals surface area contributed by atoms with Gasteiger partial charge in [-0.1, -0.05) is 26.1 Å². The number of hydrogen-bond acceptors (Lipinski definition) is 4. The molecular formula is C12H20N2OS. The molecule has 0 aliphatic rings. The molecular weight excluding hydrogens is 220 g/mol. The van der Waals surface area contributed by atoms with Crippen molar-refractivity contribution in [3.63, 3.8) is 0 Å². The van der Waals surface area contributed by atoms with E-state index in [9.17, 15) is 4.79 Å². The lowest BCUT2D eigenvalue weighted by Crippen LogP contribution is -2.23. The topological polar surface area (TPSA) is 41.1 Å². The van der Waals surface area contributed by atoms with E-state index >= 15 is 0 Å². The SMILES string of the molecule is CNCCCCNc1c(C(C)C)c(=O)c1=S. The second kappa shape index (κ2) is 6.11. The van der Waals surface area contributed by atoms with Crippen molar-refractivity contribution in [2.24, 2.45) is 0 Å². The molecule has 16 heavy (non-hydrogen) atoms. The number of rotatable bonds is 7. The van der Waals surface area contributed by atoms with Gasteiger partial charge in [0.1, 0.15) is 4.51 Å². The Kier molecular flexibility index (Phi) is 5.09. The van der Waals surface area contributed by atoms with Crippen LogP contribution in [-0.2, 0) is 0 Å². The van der Waals surface area contributed by atoms with Gasteiger partial charge in [0.2, 0.25) is 5.43 Å². The highest BCUT2D eigenvalue weighted by Crippen LogP contribution is 2.24. The maximum atomic E-state index is 11.5. The summed E-state index contributed by atoms with van der Waals surface area (Å²) < 4.78 is 0.484. The summed E-state index contributed by atoms with van der Waals surface area (Å²) in [6.07, 6.45) is 2.22. The molecule has 0 aliphatic carbocycles. The summed E-state index contributed by atoms with van der Waals surface area (Å²) in [5.74, 6) is 0.263. The third-order valence-corrected chi connectivity index (χ3v) is 3.07. The first-order chi connectivity index (χ1) is 7.59. The van der Waals surface area contributed by atoms with E-state index in [2.05, 4.69) is 10.6 Å². The second-order valence-electron chi connectivity index (χ2n) is 4.34. The highest BCUT2D eigenvalue weighted by molar-refractivity contribution is 7.71. The van der Waals surface area contributed by atoms with Gasteiger partial charge in [-0.15, -0.1) is 0 Å². The van der Waals surface area contributed by atoms with Crippen molar-refractivity contribution in [2.75, 3.05) is 25.5 Å². The molecule has 0 aliphatic heterocycles. The van der Waals surface area contributed by atoms with Crippen molar-refractivity contribution in [2.45, 2.75) is 32.6 Å². The van der Waals surface area contributed by atoms with E-state index in [4.69, 9.17) is 12.2 Å². The maximum Gasteiger partial charge on any atom is 0.204 e. The number of hydrogen-bond donors (Lipinski definition) is 2. The van der Waals surface area contributed by atoms with Crippen LogP contribution in [0.2, 0.25) is 0 Å². The van der Waals surface area contributed by atoms with Crippen LogP contribution in [0.15, 0.2) is 4.79 Å². The Labute approximate surface area is 102 Å². The summed E-state index contributed by atoms with van der Waals surface area (Å²) in [5, 5.41) is 6.39. The predicted molar refractivity (Wildman–Crippen MR) is 71.7 cm³/mol. The van der Waals surface area contributed by atoms with Crippen LogP contribution < -0.4 is 16.1 Å². The zero-order chi connectivity index (χ0) is 12.1. The summed E-state index contributed by atoms with van der Waals surface area (Å²) in [4.78, 5) is 11.5. The van der Waals surface area contributed by atoms with Crippen LogP contribution in [0.5, 0.6) is 0 Å². The fraction of sp³-hybridized carbons (Fsp3) is 0.667. The first-order valence-electron chi connectivity index (χ1n) is 5.81. The predicted octanol–water partition coefficient (Wildman–Crippen LogP) is 2.19. The fourth-order valence-corrected chi connectivity index (χ4v) is 2.07. The standard InChI is InChI=1S/C12H20N2OS/c1-8(2)9-10(12(16)11(9)15)14-7-5-4-6-13-3/h8,13-14H,4-7H2,1-3H3. The van der Waals surface area contributed by atoms with E-state index in [1.165, 1.54) is 0 Å². The van der Waals surface area contributed by atoms with Crippen LogP contribution in [0.25, 0.3) is 0 Å². The number of anilines is 1. The largest absolute Gasteiger partial charge is 0.383 e. The van der Waals surface area contributed by atoms with E-state index in [0.29, 0.717) is 4.51 Å². The van der Waals surface area contributed by atoms with Gasteiger partial charge < -0.3 is 10.6 Å². The van der Waals surface area contributed by atoms with Crippen molar-refractivity contribution in [3.05, 3.63) is 20.3 Å². The molecule has 1 aromatic carbocycles. The lowest BCUT2D eigenvalue weighted by Gasteiger charge is -2.17. The molecule has 0 atom stereocenters. The normalized spacial score (nSPS) is 11.2. The monoisotopic (exact) mass is 240 g/mol. The van der Waals surface area contributed by atoms with Gasteiger partial charge in [-0.05, 0) is 32.4 Å². The van der Waals surface area contributed by atoms with Gasteiger partial charge in [-0.2, -0.15) is 0 Å². The van der Waals surface area contributed by atoms with Crippen molar-refractivity contribution < 1.29 is 0 Å². The van der Waals surface area contributed by atoms with Gasteiger partial charge in [0.05, 0.1) is 5.69 Å². The molecule has 0 spiro atoms. The van der Waals surface area contributed by atoms with Crippen LogP contribution in [0.3, 0.4) is 0 Å². The molecule has 0 bridgehead atoms. The molecule has 0 saturated carbocycles. The first-order valence-corrected chi connectivity index (χ1v) is 6.22. The van der Waals surface area contributed by atoms with E-state index in [-0.39, 0.29) is 11.3 Å². The van der Waals surface area contributed by atoms with E-state index < -0.39 is 0 Å². The fourth-order valence-electron chi connectivity index (χ4n) is 1.78. The third-order valence-electron chi connectivity index (χ3n) is 2.68. The molecule has 0 aromatic heterocycles. The summed E-state index contributed by atoms with van der Waals surface area (Å²) >= 11 is 5.04. The van der Waals surface area contributed by atoms with Crippen LogP contribution >= 0.6 is 12.2 Å². The molecule has 2 N–H and O–H groups in total. The van der Waals surface area contributed by atoms with Crippen molar-refractivity contribution in [1.82, 2.24) is 5.32 Å². The molecule has 1 rings (SSSR count). The van der Waals surface area contributed by atoms with Gasteiger partial charge in [-0.3, -0.25) is 4.79 Å². The summed E-state index contributed by atoms with van der Waals surface area (Å²) in [7, 11) is 1.95. The Balaban J connectivity index is 2.46. The maximum absolute atomic E-state index is 11.5. The average molecular weight is 240 g/mol. The molecule has 3 nitrogen and oxygen atoms in total. The Bertz CT molecular complexity index is 405. The van der Waals surface area contributed by atoms with Gasteiger partial charge in [-0.25, -0.2) is 0 Å². The molecule has 0 radical (unpaired) electrons. The van der Waals surface area contributed by atoms with Crippen LogP contribution in [0.4, 0.5) is 5.69 Å². The van der Waals surface area contributed by atoms with Crippen LogP contribution in [0, 0.1) is 4.51 Å². The van der Waals surface area contributed by atoms with E-state index in [1.54, 1.807) is 0 Å². The first kappa shape index (κ1) is 13.3. The summed E-state index contributed by atoms with van der Waals surface area (Å²) in [6.45, 7) is 5.97. The Morgan fingerprint density at radius 2 is 1.88 bits per heavy atom. The number of nitrogens with one attached hydrogen (secondary N) is 2. The summed E-state index contributed by atoms with van der Waals surface area (Å²) in [5.41, 5.74) is 1.85. The highest BCUT2D eigenvalue weighted by atomic mass is 32.1. The van der Waals surface area contributed by atoms with Crippen molar-refractivity contribution in [3.8, 4) is 0 Å². The van der Waals surface area contributed by atoms with Gasteiger partial charge >= 0.3 is 0 Å². The van der Waals surface area contributed by atoms with Gasteiger partial charge in [0.15, 0.2) is 0 Å². The molecule has 90 valence electrons. The third kappa shape index (κ3) is 2.89. The second-order valence-corrected chi connectivity index (χ2v) is 4.75. The minimum atomic E-state index is 0.0581. The van der Waals surface area contributed by atoms with Crippen LogP contribution in [-0.4, -0.2) is 20.1 Å². The molecule has 0 heterocycles. The highest BCUT2D eigenvalue weighted by Gasteiger charge is 2.19. The Morgan fingerprint density at radius 3 is 2.44 bits per heavy atom. The number of unbranched alkanes of at least 4 members (excludes halogenated alkanes) is 1. The zero-order valence-electron chi connectivity index (χ0n) is 10.2. The lowest BCUT2D eigenvalue weighted by atomic mass is 9.96. The summed E-state index contributed by atoms with van der Waals surface area (Å²) in [6, 6.07) is 0. The van der Waals surface area contributed by atoms with Gasteiger partial charge in [0.25, 0.3) is 0 Å². The molecule has 0 saturated heterocycles. The molecule has 0 fully saturated rings. The minimum absolute atomic E-state index is 0.0581. The quantitative estimate of drug-likeness (QED) is 0.566. The van der Waals surface area contributed by atoms with Crippen LogP contribution in [0.1, 0.15) is 38.2 Å². The van der Waals surface area contributed by atoms with Crippen molar-refractivity contribution >= 4 is 17.9 Å². The van der Waals surface area contributed by atoms with E-state index in [1.807, 2.05) is 20.9 Å². The lowest BCUT2D eigenvalue weighted by molar-refractivity contribution is 0.693.